The third-order valence-electron chi connectivity index (χ3n) is 4.12. The fourth-order valence-electron chi connectivity index (χ4n) is 2.96. The first kappa shape index (κ1) is 12.6. The molecule has 6 heteroatoms. The highest BCUT2D eigenvalue weighted by Gasteiger charge is 2.21. The summed E-state index contributed by atoms with van der Waals surface area (Å²) < 4.78 is 1.85. The van der Waals surface area contributed by atoms with Crippen LogP contribution in [0.1, 0.15) is 55.1 Å². The molecular formula is C13H21N5O. The van der Waals surface area contributed by atoms with Crippen molar-refractivity contribution in [2.75, 3.05) is 13.1 Å². The van der Waals surface area contributed by atoms with E-state index in [0.29, 0.717) is 17.8 Å². The normalized spacial score (nSPS) is 21.7. The van der Waals surface area contributed by atoms with E-state index in [0.717, 1.165) is 38.8 Å². The van der Waals surface area contributed by atoms with E-state index < -0.39 is 0 Å². The van der Waals surface area contributed by atoms with Gasteiger partial charge in [-0.15, -0.1) is 5.10 Å². The van der Waals surface area contributed by atoms with Gasteiger partial charge >= 0.3 is 0 Å². The summed E-state index contributed by atoms with van der Waals surface area (Å²) in [5.74, 6) is -0.0768. The first-order valence-electron chi connectivity index (χ1n) is 7.26. The van der Waals surface area contributed by atoms with Gasteiger partial charge in [0.25, 0.3) is 5.91 Å². The molecule has 2 N–H and O–H groups in total. The van der Waals surface area contributed by atoms with Gasteiger partial charge in [-0.3, -0.25) is 4.79 Å². The van der Waals surface area contributed by atoms with Gasteiger partial charge in [0.15, 0.2) is 5.69 Å². The van der Waals surface area contributed by atoms with E-state index >= 15 is 0 Å². The fourth-order valence-corrected chi connectivity index (χ4v) is 2.96. The van der Waals surface area contributed by atoms with Crippen molar-refractivity contribution in [1.29, 1.82) is 0 Å². The number of nitrogens with one attached hydrogen (secondary N) is 2. The van der Waals surface area contributed by atoms with Crippen LogP contribution in [0.25, 0.3) is 0 Å². The van der Waals surface area contributed by atoms with Crippen LogP contribution >= 0.6 is 0 Å². The van der Waals surface area contributed by atoms with Crippen molar-refractivity contribution in [3.8, 4) is 0 Å². The maximum Gasteiger partial charge on any atom is 0.273 e. The third-order valence-corrected chi connectivity index (χ3v) is 4.12. The zero-order valence-corrected chi connectivity index (χ0v) is 11.1. The Balaban J connectivity index is 1.61. The molecule has 3 rings (SSSR count). The monoisotopic (exact) mass is 263 g/mol. The van der Waals surface area contributed by atoms with Crippen molar-refractivity contribution in [3.63, 3.8) is 0 Å². The van der Waals surface area contributed by atoms with E-state index in [1.807, 2.05) is 4.68 Å². The Morgan fingerprint density at radius 2 is 2.00 bits per heavy atom. The molecule has 19 heavy (non-hydrogen) atoms. The van der Waals surface area contributed by atoms with Crippen LogP contribution in [0.3, 0.4) is 0 Å². The summed E-state index contributed by atoms with van der Waals surface area (Å²) in [6.07, 6.45) is 8.50. The Bertz CT molecular complexity index is 432. The van der Waals surface area contributed by atoms with E-state index in [4.69, 9.17) is 0 Å². The predicted molar refractivity (Wildman–Crippen MR) is 70.9 cm³/mol. The molecule has 1 saturated heterocycles. The topological polar surface area (TPSA) is 71.8 Å². The van der Waals surface area contributed by atoms with E-state index in [1.165, 1.54) is 12.8 Å². The maximum atomic E-state index is 12.1. The van der Waals surface area contributed by atoms with Crippen LogP contribution in [0.2, 0.25) is 0 Å². The van der Waals surface area contributed by atoms with Crippen LogP contribution in [-0.4, -0.2) is 40.0 Å². The molecule has 104 valence electrons. The Kier molecular flexibility index (Phi) is 3.77. The minimum Gasteiger partial charge on any atom is -0.348 e. The second-order valence-corrected chi connectivity index (χ2v) is 5.52. The summed E-state index contributed by atoms with van der Waals surface area (Å²) in [4.78, 5) is 12.1. The van der Waals surface area contributed by atoms with Gasteiger partial charge in [-0.2, -0.15) is 0 Å². The number of hydrogen-bond donors (Lipinski definition) is 2. The summed E-state index contributed by atoms with van der Waals surface area (Å²) >= 11 is 0. The van der Waals surface area contributed by atoms with Crippen LogP contribution in [0.5, 0.6) is 0 Å². The summed E-state index contributed by atoms with van der Waals surface area (Å²) in [5, 5.41) is 14.5. The number of amides is 1. The molecule has 0 radical (unpaired) electrons. The van der Waals surface area contributed by atoms with Crippen molar-refractivity contribution in [1.82, 2.24) is 25.6 Å². The van der Waals surface area contributed by atoms with E-state index in [2.05, 4.69) is 20.9 Å². The number of carbonyl (C=O) groups is 1. The number of hydrogen-bond acceptors (Lipinski definition) is 4. The van der Waals surface area contributed by atoms with Gasteiger partial charge in [0, 0.05) is 6.04 Å². The standard InChI is InChI=1S/C13H21N5O/c19-13(15-10-3-1-2-4-10)12-9-18(17-16-12)11-5-7-14-8-6-11/h9-11,14H,1-8H2,(H,15,19). The highest BCUT2D eigenvalue weighted by atomic mass is 16.2. The zero-order chi connectivity index (χ0) is 13.1. The molecule has 1 aromatic rings. The molecule has 1 amide bonds. The third kappa shape index (κ3) is 2.94. The van der Waals surface area contributed by atoms with Crippen molar-refractivity contribution < 1.29 is 4.79 Å². The molecule has 0 bridgehead atoms. The summed E-state index contributed by atoms with van der Waals surface area (Å²) in [6, 6.07) is 0.707. The first-order valence-corrected chi connectivity index (χ1v) is 7.26. The predicted octanol–water partition coefficient (Wildman–Crippen LogP) is 0.875. The van der Waals surface area contributed by atoms with Gasteiger partial charge in [-0.25, -0.2) is 4.68 Å². The molecule has 1 aliphatic carbocycles. The average Bonchev–Trinajstić information content (AvgIpc) is 3.10. The van der Waals surface area contributed by atoms with Gasteiger partial charge < -0.3 is 10.6 Å². The van der Waals surface area contributed by atoms with E-state index in [-0.39, 0.29) is 5.91 Å². The van der Waals surface area contributed by atoms with Gasteiger partial charge in [0.2, 0.25) is 0 Å². The zero-order valence-electron chi connectivity index (χ0n) is 11.1. The second kappa shape index (κ2) is 5.69. The van der Waals surface area contributed by atoms with Crippen molar-refractivity contribution in [2.24, 2.45) is 0 Å². The smallest absolute Gasteiger partial charge is 0.273 e. The van der Waals surface area contributed by atoms with Crippen LogP contribution in [-0.2, 0) is 0 Å². The van der Waals surface area contributed by atoms with E-state index in [9.17, 15) is 4.79 Å². The Hall–Kier alpha value is -1.43. The SMILES string of the molecule is O=C(NC1CCCC1)c1cn(C2CCNCC2)nn1. The number of carbonyl (C=O) groups excluding carboxylic acids is 1. The van der Waals surface area contributed by atoms with Crippen molar-refractivity contribution >= 4 is 5.91 Å². The van der Waals surface area contributed by atoms with Gasteiger partial charge in [-0.05, 0) is 38.8 Å². The summed E-state index contributed by atoms with van der Waals surface area (Å²) in [7, 11) is 0. The van der Waals surface area contributed by atoms with Crippen LogP contribution in [0, 0.1) is 0 Å². The lowest BCUT2D eigenvalue weighted by Gasteiger charge is -2.22. The molecule has 1 aromatic heterocycles. The lowest BCUT2D eigenvalue weighted by molar-refractivity contribution is 0.0932. The molecule has 0 unspecified atom stereocenters. The highest BCUT2D eigenvalue weighted by molar-refractivity contribution is 5.92. The van der Waals surface area contributed by atoms with Gasteiger partial charge in [0.05, 0.1) is 12.2 Å². The van der Waals surface area contributed by atoms with Gasteiger partial charge in [-0.1, -0.05) is 18.1 Å². The first-order chi connectivity index (χ1) is 9.33. The minimum absolute atomic E-state index is 0.0768. The van der Waals surface area contributed by atoms with Crippen molar-refractivity contribution in [2.45, 2.75) is 50.6 Å². The quantitative estimate of drug-likeness (QED) is 0.849. The molecule has 2 heterocycles. The fraction of sp³-hybridized carbons (Fsp3) is 0.769. The molecular weight excluding hydrogens is 242 g/mol. The molecule has 1 aliphatic heterocycles. The largest absolute Gasteiger partial charge is 0.348 e. The second-order valence-electron chi connectivity index (χ2n) is 5.52. The Labute approximate surface area is 112 Å². The van der Waals surface area contributed by atoms with Crippen molar-refractivity contribution in [3.05, 3.63) is 11.9 Å². The van der Waals surface area contributed by atoms with Crippen LogP contribution in [0.15, 0.2) is 6.20 Å². The molecule has 2 fully saturated rings. The summed E-state index contributed by atoms with van der Waals surface area (Å²) in [6.45, 7) is 2.02. The molecule has 0 atom stereocenters. The average molecular weight is 263 g/mol. The Morgan fingerprint density at radius 1 is 1.26 bits per heavy atom. The lowest BCUT2D eigenvalue weighted by Crippen LogP contribution is -2.32. The van der Waals surface area contributed by atoms with Gasteiger partial charge in [0.1, 0.15) is 0 Å². The molecule has 6 nitrogen and oxygen atoms in total. The Morgan fingerprint density at radius 3 is 2.74 bits per heavy atom. The number of rotatable bonds is 3. The summed E-state index contributed by atoms with van der Waals surface area (Å²) in [5.41, 5.74) is 0.449. The van der Waals surface area contributed by atoms with Crippen LogP contribution < -0.4 is 10.6 Å². The molecule has 1 saturated carbocycles. The van der Waals surface area contributed by atoms with E-state index in [1.54, 1.807) is 6.20 Å². The number of piperidine rings is 1. The van der Waals surface area contributed by atoms with Crippen LogP contribution in [0.4, 0.5) is 0 Å². The maximum absolute atomic E-state index is 12.1. The molecule has 0 aromatic carbocycles. The number of nitrogens with zero attached hydrogens (tertiary/aromatic N) is 3. The molecule has 2 aliphatic rings. The number of aromatic nitrogens is 3. The molecule has 0 spiro atoms. The lowest BCUT2D eigenvalue weighted by atomic mass is 10.1. The highest BCUT2D eigenvalue weighted by Crippen LogP contribution is 2.19. The minimum atomic E-state index is -0.0768.